The first-order valence-electron chi connectivity index (χ1n) is 7.54. The molecule has 0 fully saturated rings. The first-order chi connectivity index (χ1) is 10.4. The summed E-state index contributed by atoms with van der Waals surface area (Å²) in [7, 11) is 2.47. The Bertz CT molecular complexity index is 491. The van der Waals surface area contributed by atoms with Gasteiger partial charge in [-0.15, -0.1) is 0 Å². The number of fused-ring (bicyclic) bond motifs is 1. The van der Waals surface area contributed by atoms with E-state index in [1.54, 1.807) is 21.3 Å². The Hall–Kier alpha value is -0.923. The van der Waals surface area contributed by atoms with Crippen molar-refractivity contribution in [2.45, 2.75) is 45.1 Å². The highest BCUT2D eigenvalue weighted by Crippen LogP contribution is 2.32. The lowest BCUT2D eigenvalue weighted by Crippen LogP contribution is -2.42. The van der Waals surface area contributed by atoms with Gasteiger partial charge in [-0.25, -0.2) is 0 Å². The number of benzene rings is 1. The van der Waals surface area contributed by atoms with E-state index in [1.165, 1.54) is 5.56 Å². The van der Waals surface area contributed by atoms with Crippen molar-refractivity contribution in [1.82, 2.24) is 0 Å². The zero-order chi connectivity index (χ0) is 16.2. The largest absolute Gasteiger partial charge is 0.500 e. The van der Waals surface area contributed by atoms with Gasteiger partial charge in [-0.3, -0.25) is 0 Å². The van der Waals surface area contributed by atoms with Crippen molar-refractivity contribution >= 4 is 8.80 Å². The van der Waals surface area contributed by atoms with Crippen molar-refractivity contribution in [3.63, 3.8) is 0 Å². The molecule has 1 aromatic carbocycles. The lowest BCUT2D eigenvalue weighted by atomic mass is 10.1. The summed E-state index contributed by atoms with van der Waals surface area (Å²) < 4.78 is 27.8. The molecule has 0 aromatic heterocycles. The average Bonchev–Trinajstić information content (AvgIpc) is 2.51. The molecule has 0 spiro atoms. The van der Waals surface area contributed by atoms with Gasteiger partial charge in [0.15, 0.2) is 0 Å². The van der Waals surface area contributed by atoms with Crippen molar-refractivity contribution in [3.8, 4) is 5.75 Å². The smallest absolute Gasteiger partial charge is 0.463 e. The summed E-state index contributed by atoms with van der Waals surface area (Å²) in [6, 6.07) is 7.09. The van der Waals surface area contributed by atoms with Gasteiger partial charge in [0, 0.05) is 46.8 Å². The Labute approximate surface area is 133 Å². The Kier molecular flexibility index (Phi) is 5.63. The van der Waals surface area contributed by atoms with Crippen LogP contribution in [0.5, 0.6) is 5.75 Å². The lowest BCUT2D eigenvalue weighted by Gasteiger charge is -2.32. The third-order valence-electron chi connectivity index (χ3n) is 3.94. The highest BCUT2D eigenvalue weighted by atomic mass is 28.4. The molecule has 0 saturated carbocycles. The molecule has 0 saturated heterocycles. The summed E-state index contributed by atoms with van der Waals surface area (Å²) in [4.78, 5) is 0. The SMILES string of the molecule is CO[Si](CCCc1ccc2c(c1)COC(C)(C)O2)(OC)OC. The molecule has 0 N–H and O–H groups in total. The van der Waals surface area contributed by atoms with Crippen molar-refractivity contribution in [3.05, 3.63) is 29.3 Å². The topological polar surface area (TPSA) is 46.2 Å². The normalized spacial score (nSPS) is 17.0. The second-order valence-corrected chi connectivity index (χ2v) is 8.97. The summed E-state index contributed by atoms with van der Waals surface area (Å²) in [6.07, 6.45) is 1.90. The van der Waals surface area contributed by atoms with Crippen molar-refractivity contribution in [2.24, 2.45) is 0 Å². The number of rotatable bonds is 7. The van der Waals surface area contributed by atoms with E-state index in [1.807, 2.05) is 19.9 Å². The van der Waals surface area contributed by atoms with Gasteiger partial charge in [-0.2, -0.15) is 0 Å². The molecule has 0 bridgehead atoms. The standard InChI is InChI=1S/C16H26O5Si/c1-16(2)20-12-14-11-13(8-9-15(14)21-16)7-6-10-22(17-3,18-4)19-5/h8-9,11H,6-7,10,12H2,1-5H3. The summed E-state index contributed by atoms with van der Waals surface area (Å²) >= 11 is 0. The minimum absolute atomic E-state index is 0.547. The number of hydrogen-bond donors (Lipinski definition) is 0. The van der Waals surface area contributed by atoms with Gasteiger partial charge in [0.05, 0.1) is 6.61 Å². The van der Waals surface area contributed by atoms with E-state index >= 15 is 0 Å². The first-order valence-corrected chi connectivity index (χ1v) is 9.47. The maximum absolute atomic E-state index is 5.81. The lowest BCUT2D eigenvalue weighted by molar-refractivity contribution is -0.180. The van der Waals surface area contributed by atoms with Crippen molar-refractivity contribution in [1.29, 1.82) is 0 Å². The van der Waals surface area contributed by atoms with Crippen LogP contribution in [-0.2, 0) is 31.0 Å². The predicted octanol–water partition coefficient (Wildman–Crippen LogP) is 3.14. The molecule has 1 heterocycles. The molecule has 2 rings (SSSR count). The van der Waals surface area contributed by atoms with Crippen molar-refractivity contribution < 1.29 is 22.8 Å². The van der Waals surface area contributed by atoms with Gasteiger partial charge in [0.2, 0.25) is 5.79 Å². The van der Waals surface area contributed by atoms with Crippen LogP contribution < -0.4 is 4.74 Å². The van der Waals surface area contributed by atoms with E-state index in [-0.39, 0.29) is 0 Å². The molecule has 1 aliphatic rings. The Morgan fingerprint density at radius 3 is 2.45 bits per heavy atom. The molecule has 6 heteroatoms. The fourth-order valence-corrected chi connectivity index (χ4v) is 4.33. The van der Waals surface area contributed by atoms with Crippen LogP contribution in [-0.4, -0.2) is 35.9 Å². The molecule has 22 heavy (non-hydrogen) atoms. The Morgan fingerprint density at radius 2 is 1.82 bits per heavy atom. The maximum Gasteiger partial charge on any atom is 0.500 e. The molecule has 0 radical (unpaired) electrons. The minimum Gasteiger partial charge on any atom is -0.463 e. The Balaban J connectivity index is 1.95. The van der Waals surface area contributed by atoms with Crippen LogP contribution in [0.25, 0.3) is 0 Å². The van der Waals surface area contributed by atoms with Crippen LogP contribution in [0.1, 0.15) is 31.4 Å². The molecule has 0 amide bonds. The molecule has 124 valence electrons. The third-order valence-corrected chi connectivity index (χ3v) is 6.77. The summed E-state index contributed by atoms with van der Waals surface area (Å²) in [5.41, 5.74) is 2.36. The maximum atomic E-state index is 5.81. The third kappa shape index (κ3) is 4.08. The highest BCUT2D eigenvalue weighted by Gasteiger charge is 2.36. The molecule has 0 aliphatic carbocycles. The molecule has 0 atom stereocenters. The van der Waals surface area contributed by atoms with E-state index in [9.17, 15) is 0 Å². The van der Waals surface area contributed by atoms with E-state index in [0.717, 1.165) is 30.2 Å². The van der Waals surface area contributed by atoms with E-state index < -0.39 is 14.6 Å². The number of aryl methyl sites for hydroxylation is 1. The van der Waals surface area contributed by atoms with Gasteiger partial charge >= 0.3 is 8.80 Å². The van der Waals surface area contributed by atoms with Crippen LogP contribution in [0, 0.1) is 0 Å². The Morgan fingerprint density at radius 1 is 1.14 bits per heavy atom. The minimum atomic E-state index is -2.47. The molecule has 1 aliphatic heterocycles. The molecular weight excluding hydrogens is 300 g/mol. The fraction of sp³-hybridized carbons (Fsp3) is 0.625. The van der Waals surface area contributed by atoms with Gasteiger partial charge in [-0.05, 0) is 30.5 Å². The van der Waals surface area contributed by atoms with Crippen LogP contribution in [0.2, 0.25) is 6.04 Å². The quantitative estimate of drug-likeness (QED) is 0.720. The molecule has 5 nitrogen and oxygen atoms in total. The van der Waals surface area contributed by atoms with Gasteiger partial charge in [0.1, 0.15) is 5.75 Å². The zero-order valence-electron chi connectivity index (χ0n) is 14.1. The summed E-state index contributed by atoms with van der Waals surface area (Å²) in [5, 5.41) is 0. The second kappa shape index (κ2) is 7.10. The van der Waals surface area contributed by atoms with E-state index in [0.29, 0.717) is 6.61 Å². The van der Waals surface area contributed by atoms with Gasteiger partial charge in [-0.1, -0.05) is 6.07 Å². The molecular formula is C16H26O5Si. The van der Waals surface area contributed by atoms with Crippen molar-refractivity contribution in [2.75, 3.05) is 21.3 Å². The van der Waals surface area contributed by atoms with Crippen LogP contribution in [0.15, 0.2) is 18.2 Å². The number of hydrogen-bond acceptors (Lipinski definition) is 5. The molecule has 1 aromatic rings. The second-order valence-electron chi connectivity index (χ2n) is 5.88. The zero-order valence-corrected chi connectivity index (χ0v) is 15.1. The van der Waals surface area contributed by atoms with E-state index in [2.05, 4.69) is 12.1 Å². The highest BCUT2D eigenvalue weighted by molar-refractivity contribution is 6.60. The van der Waals surface area contributed by atoms with Gasteiger partial charge < -0.3 is 22.8 Å². The first kappa shape index (κ1) is 17.4. The van der Waals surface area contributed by atoms with Crippen LogP contribution in [0.4, 0.5) is 0 Å². The predicted molar refractivity (Wildman–Crippen MR) is 85.8 cm³/mol. The van der Waals surface area contributed by atoms with Crippen LogP contribution >= 0.6 is 0 Å². The van der Waals surface area contributed by atoms with Crippen LogP contribution in [0.3, 0.4) is 0 Å². The monoisotopic (exact) mass is 326 g/mol. The summed E-state index contributed by atoms with van der Waals surface area (Å²) in [6.45, 7) is 4.44. The average molecular weight is 326 g/mol. The van der Waals surface area contributed by atoms with Gasteiger partial charge in [0.25, 0.3) is 0 Å². The number of ether oxygens (including phenoxy) is 2. The fourth-order valence-electron chi connectivity index (χ4n) is 2.61. The van der Waals surface area contributed by atoms with E-state index in [4.69, 9.17) is 22.8 Å². The molecule has 0 unspecified atom stereocenters. The summed E-state index contributed by atoms with van der Waals surface area (Å²) in [5.74, 6) is 0.365.